The van der Waals surface area contributed by atoms with Gasteiger partial charge in [-0.1, -0.05) is 231 Å². The van der Waals surface area contributed by atoms with Gasteiger partial charge in [0.1, 0.15) is 12.1 Å². The molecule has 4 nitrogen and oxygen atoms in total. The average Bonchev–Trinajstić information content (AvgIpc) is 4.22. The molecule has 0 saturated carbocycles. The van der Waals surface area contributed by atoms with Crippen molar-refractivity contribution in [2.75, 3.05) is 0 Å². The Kier molecular flexibility index (Phi) is 8.89. The van der Waals surface area contributed by atoms with Crippen LogP contribution in [0.15, 0.2) is 255 Å². The van der Waals surface area contributed by atoms with Gasteiger partial charge in [0.25, 0.3) is 0 Å². The molecule has 0 unspecified atom stereocenters. The van der Waals surface area contributed by atoms with Crippen molar-refractivity contribution in [3.05, 3.63) is 310 Å². The van der Waals surface area contributed by atoms with Crippen LogP contribution in [-0.2, 0) is 10.8 Å². The minimum absolute atomic E-state index is 0.463. The van der Waals surface area contributed by atoms with E-state index in [1.807, 2.05) is 12.1 Å². The first-order valence-electron chi connectivity index (χ1n) is 25.2. The van der Waals surface area contributed by atoms with Crippen molar-refractivity contribution in [1.82, 2.24) is 9.13 Å². The van der Waals surface area contributed by atoms with Crippen LogP contribution in [0.5, 0.6) is 0 Å². The maximum Gasteiger partial charge on any atom is 0.101 e. The zero-order valence-electron chi connectivity index (χ0n) is 40.0. The smallest absolute Gasteiger partial charge is 0.101 e. The molecule has 2 aromatic heterocycles. The molecule has 0 amide bonds. The van der Waals surface area contributed by atoms with Crippen LogP contribution in [0, 0.1) is 22.7 Å². The van der Waals surface area contributed by atoms with Crippen molar-refractivity contribution in [3.63, 3.8) is 0 Å². The van der Waals surface area contributed by atoms with Gasteiger partial charge in [-0.05, 0) is 79.9 Å². The first kappa shape index (κ1) is 41.8. The molecule has 74 heavy (non-hydrogen) atoms. The van der Waals surface area contributed by atoms with Gasteiger partial charge in [-0.25, -0.2) is 0 Å². The summed E-state index contributed by atoms with van der Waals surface area (Å²) in [5, 5.41) is 27.6. The minimum atomic E-state index is -0.627. The van der Waals surface area contributed by atoms with Crippen LogP contribution >= 0.6 is 0 Å². The molecule has 0 bridgehead atoms. The van der Waals surface area contributed by atoms with Crippen LogP contribution in [0.4, 0.5) is 0 Å². The predicted molar refractivity (Wildman–Crippen MR) is 299 cm³/mol. The lowest BCUT2D eigenvalue weighted by Crippen LogP contribution is -2.28. The number of benzene rings is 11. The van der Waals surface area contributed by atoms with E-state index in [9.17, 15) is 10.5 Å². The van der Waals surface area contributed by atoms with Gasteiger partial charge in [-0.15, -0.1) is 0 Å². The molecular weight excluding hydrogens is 897 g/mol. The molecule has 0 saturated heterocycles. The van der Waals surface area contributed by atoms with Crippen LogP contribution in [0.3, 0.4) is 0 Å². The third-order valence-electron chi connectivity index (χ3n) is 16.3. The first-order chi connectivity index (χ1) is 36.7. The van der Waals surface area contributed by atoms with Crippen molar-refractivity contribution in [3.8, 4) is 45.8 Å². The van der Waals surface area contributed by atoms with Gasteiger partial charge in [0, 0.05) is 32.7 Å². The third kappa shape index (κ3) is 5.33. The summed E-state index contributed by atoms with van der Waals surface area (Å²) in [7, 11) is 0. The fraction of sp³-hybridized carbons (Fsp3) is 0.0286. The summed E-state index contributed by atoms with van der Waals surface area (Å²) in [5.41, 5.74) is 18.9. The Labute approximate surface area is 428 Å². The zero-order chi connectivity index (χ0) is 49.1. The van der Waals surface area contributed by atoms with Gasteiger partial charge < -0.3 is 9.13 Å². The highest BCUT2D eigenvalue weighted by Crippen LogP contribution is 2.61. The summed E-state index contributed by atoms with van der Waals surface area (Å²) in [6.45, 7) is 0. The molecule has 0 N–H and O–H groups in total. The summed E-state index contributed by atoms with van der Waals surface area (Å²) in [4.78, 5) is 0. The van der Waals surface area contributed by atoms with Crippen molar-refractivity contribution >= 4 is 43.6 Å². The van der Waals surface area contributed by atoms with E-state index in [0.29, 0.717) is 22.5 Å². The summed E-state index contributed by atoms with van der Waals surface area (Å²) < 4.78 is 4.53. The highest BCUT2D eigenvalue weighted by atomic mass is 15.0. The molecule has 4 heteroatoms. The van der Waals surface area contributed by atoms with E-state index in [4.69, 9.17) is 0 Å². The molecule has 15 rings (SSSR count). The molecule has 0 spiro atoms. The van der Waals surface area contributed by atoms with Crippen molar-refractivity contribution in [1.29, 1.82) is 10.5 Å². The maximum atomic E-state index is 11.7. The Balaban J connectivity index is 1.05. The third-order valence-corrected chi connectivity index (χ3v) is 16.3. The van der Waals surface area contributed by atoms with Gasteiger partial charge in [0.15, 0.2) is 0 Å². The summed E-state index contributed by atoms with van der Waals surface area (Å²) in [6, 6.07) is 96.5. The number of nitriles is 2. The number of aromatic nitrogens is 2. The molecule has 13 aromatic rings. The Morgan fingerprint density at radius 1 is 0.297 bits per heavy atom. The van der Waals surface area contributed by atoms with Gasteiger partial charge in [-0.2, -0.15) is 10.5 Å². The molecule has 0 atom stereocenters. The fourth-order valence-corrected chi connectivity index (χ4v) is 13.6. The van der Waals surface area contributed by atoms with E-state index in [0.717, 1.165) is 65.9 Å². The van der Waals surface area contributed by atoms with Crippen molar-refractivity contribution in [2.45, 2.75) is 10.8 Å². The summed E-state index contributed by atoms with van der Waals surface area (Å²) in [6.07, 6.45) is 0. The lowest BCUT2D eigenvalue weighted by Gasteiger charge is -2.33. The maximum absolute atomic E-state index is 11.7. The van der Waals surface area contributed by atoms with Crippen LogP contribution in [0.1, 0.15) is 55.6 Å². The molecule has 0 aliphatic heterocycles. The number of nitrogens with zero attached hydrogens (tertiary/aromatic N) is 4. The van der Waals surface area contributed by atoms with Crippen LogP contribution < -0.4 is 0 Å². The summed E-state index contributed by atoms with van der Waals surface area (Å²) >= 11 is 0. The Bertz CT molecular complexity index is 4180. The van der Waals surface area contributed by atoms with Gasteiger partial charge in [0.05, 0.1) is 55.4 Å². The Morgan fingerprint density at radius 2 is 0.622 bits per heavy atom. The molecule has 11 aromatic carbocycles. The molecule has 2 aliphatic rings. The van der Waals surface area contributed by atoms with Gasteiger partial charge in [-0.3, -0.25) is 0 Å². The number of hydrogen-bond donors (Lipinski definition) is 0. The van der Waals surface area contributed by atoms with E-state index in [1.54, 1.807) is 0 Å². The molecule has 342 valence electrons. The molecule has 2 aliphatic carbocycles. The van der Waals surface area contributed by atoms with E-state index < -0.39 is 10.8 Å². The van der Waals surface area contributed by atoms with Crippen LogP contribution in [0.25, 0.3) is 77.2 Å². The standard InChI is InChI=1S/C70H42N4/c71-43-45-42-64(74-62-36-20-16-30-52(62)54-38-40-60-66(68(54)74)56-32-14-18-34-58(56)70(60,49-25-9-3-10-26-49)50-27-11-4-12-28-50)46(44-72)41-63(45)73-61-35-19-15-29-51(61)53-37-39-59-65(67(53)73)55-31-13-17-33-57(55)69(59,47-21-5-1-6-22-47)48-23-7-2-8-24-48/h1-42H. The van der Waals surface area contributed by atoms with Crippen LogP contribution in [-0.4, -0.2) is 9.13 Å². The summed E-state index contributed by atoms with van der Waals surface area (Å²) in [5.74, 6) is 0. The van der Waals surface area contributed by atoms with Crippen molar-refractivity contribution < 1.29 is 0 Å². The van der Waals surface area contributed by atoms with Gasteiger partial charge >= 0.3 is 0 Å². The number of rotatable bonds is 6. The number of para-hydroxylation sites is 2. The van der Waals surface area contributed by atoms with E-state index in [2.05, 4.69) is 264 Å². The largest absolute Gasteiger partial charge is 0.307 e. The second-order valence-corrected chi connectivity index (χ2v) is 19.6. The SMILES string of the molecule is N#Cc1cc(-n2c3ccccc3c3ccc4c(c32)-c2ccccc2C4(c2ccccc2)c2ccccc2)c(C#N)cc1-n1c2ccccc2c2ccc3c(c21)-c1ccccc1C3(c1ccccc1)c1ccccc1. The molecule has 2 heterocycles. The normalized spacial score (nSPS) is 13.6. The molecule has 0 radical (unpaired) electrons. The second-order valence-electron chi connectivity index (χ2n) is 19.6. The van der Waals surface area contributed by atoms with Gasteiger partial charge in [0.2, 0.25) is 0 Å². The quantitative estimate of drug-likeness (QED) is 0.167. The van der Waals surface area contributed by atoms with E-state index in [1.165, 1.54) is 44.5 Å². The van der Waals surface area contributed by atoms with Crippen LogP contribution in [0.2, 0.25) is 0 Å². The number of hydrogen-bond acceptors (Lipinski definition) is 2. The molecular formula is C70H42N4. The topological polar surface area (TPSA) is 57.4 Å². The Hall–Kier alpha value is -10.0. The van der Waals surface area contributed by atoms with E-state index >= 15 is 0 Å². The minimum Gasteiger partial charge on any atom is -0.307 e. The Morgan fingerprint density at radius 3 is 0.986 bits per heavy atom. The predicted octanol–water partition coefficient (Wildman–Crippen LogP) is 16.4. The van der Waals surface area contributed by atoms with E-state index in [-0.39, 0.29) is 0 Å². The molecule has 0 fully saturated rings. The number of fused-ring (bicyclic) bond motifs is 14. The van der Waals surface area contributed by atoms with Crippen molar-refractivity contribution in [2.24, 2.45) is 0 Å². The first-order valence-corrected chi connectivity index (χ1v) is 25.2. The lowest BCUT2D eigenvalue weighted by atomic mass is 9.67. The average molecular weight is 939 g/mol. The lowest BCUT2D eigenvalue weighted by molar-refractivity contribution is 0.769. The zero-order valence-corrected chi connectivity index (χ0v) is 40.0. The fourth-order valence-electron chi connectivity index (χ4n) is 13.6. The highest BCUT2D eigenvalue weighted by Gasteiger charge is 2.49. The monoisotopic (exact) mass is 938 g/mol. The second kappa shape index (κ2) is 15.7. The highest BCUT2D eigenvalue weighted by molar-refractivity contribution is 6.18.